The minimum absolute atomic E-state index is 0.278. The Morgan fingerprint density at radius 3 is 2.32 bits per heavy atom. The van der Waals surface area contributed by atoms with Crippen molar-refractivity contribution in [1.82, 2.24) is 4.31 Å². The number of hydrogen-bond donors (Lipinski definition) is 0. The minimum atomic E-state index is -3.42. The maximum absolute atomic E-state index is 12.3. The summed E-state index contributed by atoms with van der Waals surface area (Å²) in [5, 5.41) is 8.58. The van der Waals surface area contributed by atoms with Gasteiger partial charge in [0, 0.05) is 13.6 Å². The van der Waals surface area contributed by atoms with Crippen LogP contribution >= 0.6 is 0 Å². The Labute approximate surface area is 115 Å². The summed E-state index contributed by atoms with van der Waals surface area (Å²) >= 11 is 0. The lowest BCUT2D eigenvalue weighted by Crippen LogP contribution is -2.28. The largest absolute Gasteiger partial charge is 0.242 e. The van der Waals surface area contributed by atoms with E-state index in [2.05, 4.69) is 13.8 Å². The van der Waals surface area contributed by atoms with E-state index in [0.29, 0.717) is 18.9 Å². The van der Waals surface area contributed by atoms with Gasteiger partial charge in [-0.2, -0.15) is 5.26 Å². The molecule has 104 valence electrons. The minimum Gasteiger partial charge on any atom is -0.207 e. The summed E-state index contributed by atoms with van der Waals surface area (Å²) in [6, 6.07) is 8.54. The fraction of sp³-hybridized carbons (Fsp3) is 0.500. The van der Waals surface area contributed by atoms with E-state index in [4.69, 9.17) is 5.26 Å². The van der Waals surface area contributed by atoms with Crippen molar-refractivity contribution in [3.8, 4) is 6.07 Å². The number of nitriles is 1. The van der Waals surface area contributed by atoms with Crippen molar-refractivity contribution in [2.75, 3.05) is 13.6 Å². The van der Waals surface area contributed by atoms with Gasteiger partial charge in [-0.25, -0.2) is 12.7 Å². The highest BCUT2D eigenvalue weighted by molar-refractivity contribution is 7.89. The highest BCUT2D eigenvalue weighted by Crippen LogP contribution is 2.16. The van der Waals surface area contributed by atoms with Gasteiger partial charge in [-0.15, -0.1) is 0 Å². The first-order valence-corrected chi connectivity index (χ1v) is 7.74. The van der Waals surface area contributed by atoms with Gasteiger partial charge >= 0.3 is 0 Å². The summed E-state index contributed by atoms with van der Waals surface area (Å²) in [6.07, 6.45) is 1.13. The van der Waals surface area contributed by atoms with Crippen molar-refractivity contribution < 1.29 is 8.42 Å². The Kier molecular flexibility index (Phi) is 5.52. The van der Waals surface area contributed by atoms with E-state index in [1.165, 1.54) is 4.31 Å². The molecule has 0 heterocycles. The van der Waals surface area contributed by atoms with Crippen molar-refractivity contribution in [3.05, 3.63) is 29.8 Å². The summed E-state index contributed by atoms with van der Waals surface area (Å²) in [5.74, 6) is 0.468. The predicted octanol–water partition coefficient (Wildman–Crippen LogP) is 2.42. The number of hydrogen-bond acceptors (Lipinski definition) is 3. The molecule has 0 saturated carbocycles. The first-order valence-electron chi connectivity index (χ1n) is 6.30. The molecular weight excluding hydrogens is 260 g/mol. The molecule has 1 aromatic carbocycles. The van der Waals surface area contributed by atoms with E-state index >= 15 is 0 Å². The van der Waals surface area contributed by atoms with Crippen LogP contribution in [0.15, 0.2) is 29.2 Å². The average molecular weight is 280 g/mol. The molecule has 0 amide bonds. The third-order valence-electron chi connectivity index (χ3n) is 2.94. The zero-order valence-corrected chi connectivity index (χ0v) is 12.4. The van der Waals surface area contributed by atoms with Crippen LogP contribution in [0.3, 0.4) is 0 Å². The summed E-state index contributed by atoms with van der Waals surface area (Å²) in [5.41, 5.74) is 0.825. The second-order valence-corrected chi connectivity index (χ2v) is 7.03. The molecule has 4 nitrogen and oxygen atoms in total. The smallest absolute Gasteiger partial charge is 0.207 e. The molecule has 0 N–H and O–H groups in total. The maximum Gasteiger partial charge on any atom is 0.242 e. The van der Waals surface area contributed by atoms with E-state index in [1.54, 1.807) is 31.3 Å². The second kappa shape index (κ2) is 6.69. The molecule has 1 aromatic rings. The Morgan fingerprint density at radius 1 is 1.26 bits per heavy atom. The zero-order chi connectivity index (χ0) is 14.5. The van der Waals surface area contributed by atoms with E-state index < -0.39 is 10.0 Å². The maximum atomic E-state index is 12.3. The molecule has 0 spiro atoms. The van der Waals surface area contributed by atoms with E-state index in [1.807, 2.05) is 6.07 Å². The van der Waals surface area contributed by atoms with Crippen LogP contribution in [0.5, 0.6) is 0 Å². The molecular formula is C14H20N2O2S. The Hall–Kier alpha value is -1.38. The molecule has 0 aliphatic carbocycles. The molecule has 19 heavy (non-hydrogen) atoms. The molecule has 0 aliphatic rings. The summed E-state index contributed by atoms with van der Waals surface area (Å²) in [4.78, 5) is 0.278. The summed E-state index contributed by atoms with van der Waals surface area (Å²) in [7, 11) is -1.82. The third kappa shape index (κ3) is 4.34. The first-order chi connectivity index (χ1) is 8.87. The van der Waals surface area contributed by atoms with Crippen molar-refractivity contribution in [1.29, 1.82) is 5.26 Å². The van der Waals surface area contributed by atoms with Gasteiger partial charge in [0.25, 0.3) is 0 Å². The summed E-state index contributed by atoms with van der Waals surface area (Å²) < 4.78 is 25.9. The molecule has 1 rings (SSSR count). The van der Waals surface area contributed by atoms with Gasteiger partial charge in [0.05, 0.1) is 17.4 Å². The van der Waals surface area contributed by atoms with Crippen molar-refractivity contribution in [2.45, 2.75) is 31.6 Å². The quantitative estimate of drug-likeness (QED) is 0.804. The summed E-state index contributed by atoms with van der Waals surface area (Å²) in [6.45, 7) is 4.65. The van der Waals surface area contributed by atoms with Crippen LogP contribution in [-0.2, 0) is 16.4 Å². The zero-order valence-electron chi connectivity index (χ0n) is 11.6. The molecule has 0 atom stereocenters. The first kappa shape index (κ1) is 15.7. The van der Waals surface area contributed by atoms with Crippen molar-refractivity contribution in [2.24, 2.45) is 5.92 Å². The fourth-order valence-corrected chi connectivity index (χ4v) is 2.80. The van der Waals surface area contributed by atoms with Crippen LogP contribution in [0.2, 0.25) is 0 Å². The van der Waals surface area contributed by atoms with Crippen LogP contribution in [0.1, 0.15) is 25.8 Å². The van der Waals surface area contributed by atoms with Gasteiger partial charge in [-0.3, -0.25) is 0 Å². The number of sulfonamides is 1. The van der Waals surface area contributed by atoms with Gasteiger partial charge in [-0.05, 0) is 30.0 Å². The molecule has 0 unspecified atom stereocenters. The fourth-order valence-electron chi connectivity index (χ4n) is 1.61. The number of benzene rings is 1. The second-order valence-electron chi connectivity index (χ2n) is 4.99. The van der Waals surface area contributed by atoms with E-state index in [9.17, 15) is 8.42 Å². The van der Waals surface area contributed by atoms with Crippen LogP contribution in [-0.4, -0.2) is 26.3 Å². The predicted molar refractivity (Wildman–Crippen MR) is 75.0 cm³/mol. The van der Waals surface area contributed by atoms with E-state index in [-0.39, 0.29) is 4.90 Å². The highest BCUT2D eigenvalue weighted by atomic mass is 32.2. The van der Waals surface area contributed by atoms with Crippen LogP contribution in [0.25, 0.3) is 0 Å². The third-order valence-corrected chi connectivity index (χ3v) is 4.81. The highest BCUT2D eigenvalue weighted by Gasteiger charge is 2.20. The lowest BCUT2D eigenvalue weighted by molar-refractivity contribution is 0.428. The topological polar surface area (TPSA) is 61.2 Å². The van der Waals surface area contributed by atoms with Gasteiger partial charge < -0.3 is 0 Å². The molecule has 0 fully saturated rings. The number of nitrogens with zero attached hydrogens (tertiary/aromatic N) is 2. The monoisotopic (exact) mass is 280 g/mol. The Bertz CT molecular complexity index is 542. The SMILES string of the molecule is CC(C)CCN(C)S(=O)(=O)c1ccc(CC#N)cc1. The number of rotatable bonds is 6. The van der Waals surface area contributed by atoms with Crippen molar-refractivity contribution >= 4 is 10.0 Å². The van der Waals surface area contributed by atoms with Gasteiger partial charge in [0.1, 0.15) is 0 Å². The molecule has 0 radical (unpaired) electrons. The van der Waals surface area contributed by atoms with Gasteiger partial charge in [0.15, 0.2) is 0 Å². The molecule has 5 heteroatoms. The lowest BCUT2D eigenvalue weighted by Gasteiger charge is -2.18. The standard InChI is InChI=1S/C14H20N2O2S/c1-12(2)9-11-16(3)19(17,18)14-6-4-13(5-7-14)8-10-15/h4-7,12H,8-9,11H2,1-3H3. The van der Waals surface area contributed by atoms with Gasteiger partial charge in [-0.1, -0.05) is 26.0 Å². The molecule has 0 saturated heterocycles. The molecule has 0 aromatic heterocycles. The average Bonchev–Trinajstić information content (AvgIpc) is 2.36. The van der Waals surface area contributed by atoms with E-state index in [0.717, 1.165) is 12.0 Å². The Balaban J connectivity index is 2.85. The normalized spacial score (nSPS) is 11.8. The Morgan fingerprint density at radius 2 is 1.84 bits per heavy atom. The van der Waals surface area contributed by atoms with Crippen LogP contribution in [0, 0.1) is 17.2 Å². The lowest BCUT2D eigenvalue weighted by atomic mass is 10.1. The molecule has 0 bridgehead atoms. The van der Waals surface area contributed by atoms with Crippen molar-refractivity contribution in [3.63, 3.8) is 0 Å². The van der Waals surface area contributed by atoms with Gasteiger partial charge in [0.2, 0.25) is 10.0 Å². The van der Waals surface area contributed by atoms with Crippen LogP contribution < -0.4 is 0 Å². The molecule has 0 aliphatic heterocycles. The van der Waals surface area contributed by atoms with Crippen LogP contribution in [0.4, 0.5) is 0 Å².